The van der Waals surface area contributed by atoms with Gasteiger partial charge >= 0.3 is 0 Å². The standard InChI is InChI=1S/C8H13F/c1-2-7-3-5-8(9)6-4-7/h2,7-8H,1,3-6H2. The number of halogens is 1. The quantitative estimate of drug-likeness (QED) is 0.476. The summed E-state index contributed by atoms with van der Waals surface area (Å²) < 4.78 is 12.5. The third kappa shape index (κ3) is 1.81. The summed E-state index contributed by atoms with van der Waals surface area (Å²) in [4.78, 5) is 0. The van der Waals surface area contributed by atoms with Crippen molar-refractivity contribution >= 4 is 0 Å². The summed E-state index contributed by atoms with van der Waals surface area (Å²) >= 11 is 0. The molecule has 0 atom stereocenters. The van der Waals surface area contributed by atoms with Gasteiger partial charge in [0.05, 0.1) is 0 Å². The summed E-state index contributed by atoms with van der Waals surface area (Å²) in [5.41, 5.74) is 0. The lowest BCUT2D eigenvalue weighted by Crippen LogP contribution is -2.12. The SMILES string of the molecule is C=CC1CCC(F)CC1. The van der Waals surface area contributed by atoms with E-state index in [1.807, 2.05) is 6.08 Å². The summed E-state index contributed by atoms with van der Waals surface area (Å²) in [7, 11) is 0. The molecule has 0 saturated heterocycles. The molecule has 1 fully saturated rings. The third-order valence-corrected chi connectivity index (χ3v) is 2.03. The Hall–Kier alpha value is -0.330. The molecule has 52 valence electrons. The van der Waals surface area contributed by atoms with Crippen LogP contribution in [-0.4, -0.2) is 6.17 Å². The topological polar surface area (TPSA) is 0 Å². The Morgan fingerprint density at radius 2 is 1.78 bits per heavy atom. The van der Waals surface area contributed by atoms with Crippen LogP contribution in [0, 0.1) is 5.92 Å². The maximum atomic E-state index is 12.5. The fourth-order valence-electron chi connectivity index (χ4n) is 1.31. The molecule has 0 spiro atoms. The lowest BCUT2D eigenvalue weighted by Gasteiger charge is -2.20. The Balaban J connectivity index is 2.26. The molecule has 9 heavy (non-hydrogen) atoms. The summed E-state index contributed by atoms with van der Waals surface area (Å²) in [6.45, 7) is 3.69. The highest BCUT2D eigenvalue weighted by Gasteiger charge is 2.17. The van der Waals surface area contributed by atoms with E-state index in [0.717, 1.165) is 25.7 Å². The lowest BCUT2D eigenvalue weighted by molar-refractivity contribution is 0.226. The van der Waals surface area contributed by atoms with Crippen molar-refractivity contribution < 1.29 is 4.39 Å². The van der Waals surface area contributed by atoms with Crippen LogP contribution < -0.4 is 0 Å². The summed E-state index contributed by atoms with van der Waals surface area (Å²) in [6, 6.07) is 0. The maximum absolute atomic E-state index is 12.5. The number of hydrogen-bond donors (Lipinski definition) is 0. The van der Waals surface area contributed by atoms with Crippen LogP contribution in [0.3, 0.4) is 0 Å². The minimum atomic E-state index is -0.527. The van der Waals surface area contributed by atoms with Gasteiger partial charge in [-0.1, -0.05) is 6.08 Å². The zero-order valence-electron chi connectivity index (χ0n) is 5.65. The zero-order valence-corrected chi connectivity index (χ0v) is 5.65. The van der Waals surface area contributed by atoms with E-state index >= 15 is 0 Å². The second kappa shape index (κ2) is 3.00. The van der Waals surface area contributed by atoms with E-state index < -0.39 is 6.17 Å². The predicted molar refractivity (Wildman–Crippen MR) is 37.1 cm³/mol. The van der Waals surface area contributed by atoms with Crippen molar-refractivity contribution in [3.05, 3.63) is 12.7 Å². The highest BCUT2D eigenvalue weighted by Crippen LogP contribution is 2.26. The summed E-state index contributed by atoms with van der Waals surface area (Å²) in [6.07, 6.45) is 4.93. The van der Waals surface area contributed by atoms with Crippen molar-refractivity contribution in [1.82, 2.24) is 0 Å². The molecule has 0 aromatic carbocycles. The van der Waals surface area contributed by atoms with Gasteiger partial charge in [-0.3, -0.25) is 0 Å². The van der Waals surface area contributed by atoms with Crippen LogP contribution in [0.4, 0.5) is 4.39 Å². The van der Waals surface area contributed by atoms with Crippen LogP contribution in [0.5, 0.6) is 0 Å². The number of alkyl halides is 1. The van der Waals surface area contributed by atoms with Gasteiger partial charge in [-0.2, -0.15) is 0 Å². The van der Waals surface area contributed by atoms with Crippen LogP contribution in [-0.2, 0) is 0 Å². The average molecular weight is 128 g/mol. The number of hydrogen-bond acceptors (Lipinski definition) is 0. The Morgan fingerprint density at radius 3 is 2.22 bits per heavy atom. The molecule has 1 aliphatic carbocycles. The molecule has 0 amide bonds. The first-order chi connectivity index (χ1) is 4.33. The molecule has 0 N–H and O–H groups in total. The maximum Gasteiger partial charge on any atom is 0.100 e. The molecule has 0 aliphatic heterocycles. The van der Waals surface area contributed by atoms with Crippen LogP contribution in [0.1, 0.15) is 25.7 Å². The second-order valence-corrected chi connectivity index (χ2v) is 2.75. The molecule has 0 radical (unpaired) electrons. The Morgan fingerprint density at radius 1 is 1.22 bits per heavy atom. The van der Waals surface area contributed by atoms with Crippen molar-refractivity contribution in [3.8, 4) is 0 Å². The van der Waals surface area contributed by atoms with E-state index in [4.69, 9.17) is 0 Å². The minimum absolute atomic E-state index is 0.527. The average Bonchev–Trinajstić information content (AvgIpc) is 1.90. The lowest BCUT2D eigenvalue weighted by atomic mass is 9.88. The van der Waals surface area contributed by atoms with E-state index in [9.17, 15) is 4.39 Å². The fraction of sp³-hybridized carbons (Fsp3) is 0.750. The Labute approximate surface area is 55.8 Å². The highest BCUT2D eigenvalue weighted by atomic mass is 19.1. The molecule has 0 aromatic rings. The molecule has 1 aliphatic rings. The summed E-state index contributed by atoms with van der Waals surface area (Å²) in [5, 5.41) is 0. The number of allylic oxidation sites excluding steroid dienone is 1. The van der Waals surface area contributed by atoms with Crippen molar-refractivity contribution in [2.24, 2.45) is 5.92 Å². The first-order valence-corrected chi connectivity index (χ1v) is 3.59. The van der Waals surface area contributed by atoms with Gasteiger partial charge in [0.2, 0.25) is 0 Å². The Kier molecular flexibility index (Phi) is 2.26. The van der Waals surface area contributed by atoms with E-state index in [1.54, 1.807) is 0 Å². The normalized spacial score (nSPS) is 36.1. The molecule has 0 bridgehead atoms. The summed E-state index contributed by atoms with van der Waals surface area (Å²) in [5.74, 6) is 0.594. The van der Waals surface area contributed by atoms with Crippen LogP contribution in [0.2, 0.25) is 0 Å². The molecule has 0 nitrogen and oxygen atoms in total. The number of rotatable bonds is 1. The van der Waals surface area contributed by atoms with E-state index in [1.165, 1.54) is 0 Å². The molecular formula is C8H13F. The van der Waals surface area contributed by atoms with Gasteiger partial charge in [-0.25, -0.2) is 4.39 Å². The first-order valence-electron chi connectivity index (χ1n) is 3.59. The molecular weight excluding hydrogens is 115 g/mol. The molecule has 0 aromatic heterocycles. The molecule has 0 heterocycles. The Bertz CT molecular complexity index is 90.7. The van der Waals surface area contributed by atoms with E-state index in [2.05, 4.69) is 6.58 Å². The molecule has 1 saturated carbocycles. The van der Waals surface area contributed by atoms with Gasteiger partial charge in [-0.15, -0.1) is 6.58 Å². The zero-order chi connectivity index (χ0) is 6.69. The van der Waals surface area contributed by atoms with Crippen LogP contribution in [0.15, 0.2) is 12.7 Å². The van der Waals surface area contributed by atoms with Gasteiger partial charge in [0.25, 0.3) is 0 Å². The van der Waals surface area contributed by atoms with E-state index in [-0.39, 0.29) is 0 Å². The molecule has 0 unspecified atom stereocenters. The van der Waals surface area contributed by atoms with Gasteiger partial charge in [0.1, 0.15) is 6.17 Å². The van der Waals surface area contributed by atoms with Gasteiger partial charge in [0, 0.05) is 0 Å². The second-order valence-electron chi connectivity index (χ2n) is 2.75. The molecule has 1 heteroatoms. The third-order valence-electron chi connectivity index (χ3n) is 2.03. The minimum Gasteiger partial charge on any atom is -0.247 e. The van der Waals surface area contributed by atoms with Gasteiger partial charge < -0.3 is 0 Å². The van der Waals surface area contributed by atoms with Crippen molar-refractivity contribution in [2.75, 3.05) is 0 Å². The highest BCUT2D eigenvalue weighted by molar-refractivity contribution is 4.83. The van der Waals surface area contributed by atoms with E-state index in [0.29, 0.717) is 5.92 Å². The first kappa shape index (κ1) is 6.79. The van der Waals surface area contributed by atoms with Crippen molar-refractivity contribution in [3.63, 3.8) is 0 Å². The monoisotopic (exact) mass is 128 g/mol. The molecule has 1 rings (SSSR count). The largest absolute Gasteiger partial charge is 0.247 e. The van der Waals surface area contributed by atoms with Gasteiger partial charge in [0.15, 0.2) is 0 Å². The van der Waals surface area contributed by atoms with Crippen molar-refractivity contribution in [1.29, 1.82) is 0 Å². The predicted octanol–water partition coefficient (Wildman–Crippen LogP) is 2.70. The van der Waals surface area contributed by atoms with Crippen LogP contribution >= 0.6 is 0 Å². The smallest absolute Gasteiger partial charge is 0.100 e. The van der Waals surface area contributed by atoms with Crippen LogP contribution in [0.25, 0.3) is 0 Å². The van der Waals surface area contributed by atoms with Crippen molar-refractivity contribution in [2.45, 2.75) is 31.9 Å². The van der Waals surface area contributed by atoms with Gasteiger partial charge in [-0.05, 0) is 31.6 Å². The fourth-order valence-corrected chi connectivity index (χ4v) is 1.31.